The third kappa shape index (κ3) is 4.42. The standard InChI is InChI=1S/C14H21N3O3S/c1-8(2)11-7-15-14(21-11)17-13(20)16-10-5-3-9(4-6-10)12(18)19/h7-10H,3-6H2,1-2H3,(H,18,19)(H2,15,16,17,20). The number of carbonyl (C=O) groups is 2. The van der Waals surface area contributed by atoms with Gasteiger partial charge in [-0.25, -0.2) is 9.78 Å². The highest BCUT2D eigenvalue weighted by Crippen LogP contribution is 2.26. The van der Waals surface area contributed by atoms with Gasteiger partial charge in [0.15, 0.2) is 5.13 Å². The summed E-state index contributed by atoms with van der Waals surface area (Å²) in [5, 5.41) is 15.2. The lowest BCUT2D eigenvalue weighted by molar-refractivity contribution is -0.142. The van der Waals surface area contributed by atoms with Gasteiger partial charge >= 0.3 is 12.0 Å². The summed E-state index contributed by atoms with van der Waals surface area (Å²) in [6.45, 7) is 4.16. The van der Waals surface area contributed by atoms with Gasteiger partial charge in [0.05, 0.1) is 5.92 Å². The Kier molecular flexibility index (Phi) is 5.17. The van der Waals surface area contributed by atoms with Crippen molar-refractivity contribution in [3.8, 4) is 0 Å². The Hall–Kier alpha value is -1.63. The molecule has 0 aromatic carbocycles. The third-order valence-electron chi connectivity index (χ3n) is 3.72. The summed E-state index contributed by atoms with van der Waals surface area (Å²) in [7, 11) is 0. The molecule has 0 saturated heterocycles. The van der Waals surface area contributed by atoms with Gasteiger partial charge in [-0.1, -0.05) is 13.8 Å². The van der Waals surface area contributed by atoms with Crippen molar-refractivity contribution in [2.24, 2.45) is 5.92 Å². The number of carboxylic acid groups (broad SMARTS) is 1. The second kappa shape index (κ2) is 6.89. The first-order valence-electron chi connectivity index (χ1n) is 7.21. The summed E-state index contributed by atoms with van der Waals surface area (Å²) in [5.41, 5.74) is 0. The Labute approximate surface area is 128 Å². The number of urea groups is 1. The van der Waals surface area contributed by atoms with Crippen molar-refractivity contribution >= 4 is 28.5 Å². The molecule has 6 nitrogen and oxygen atoms in total. The van der Waals surface area contributed by atoms with Gasteiger partial charge in [-0.15, -0.1) is 11.3 Å². The molecule has 0 aliphatic heterocycles. The molecule has 1 heterocycles. The fourth-order valence-corrected chi connectivity index (χ4v) is 3.23. The predicted molar refractivity (Wildman–Crippen MR) is 81.7 cm³/mol. The van der Waals surface area contributed by atoms with Crippen LogP contribution in [0.2, 0.25) is 0 Å². The van der Waals surface area contributed by atoms with E-state index in [1.165, 1.54) is 11.3 Å². The molecular weight excluding hydrogens is 290 g/mol. The van der Waals surface area contributed by atoms with Crippen molar-refractivity contribution in [3.05, 3.63) is 11.1 Å². The normalized spacial score (nSPS) is 22.0. The van der Waals surface area contributed by atoms with Crippen LogP contribution >= 0.6 is 11.3 Å². The van der Waals surface area contributed by atoms with E-state index >= 15 is 0 Å². The molecule has 2 rings (SSSR count). The quantitative estimate of drug-likeness (QED) is 0.797. The Balaban J connectivity index is 1.78. The fraction of sp³-hybridized carbons (Fsp3) is 0.643. The van der Waals surface area contributed by atoms with E-state index < -0.39 is 5.97 Å². The van der Waals surface area contributed by atoms with Gasteiger partial charge in [0, 0.05) is 17.1 Å². The SMILES string of the molecule is CC(C)c1cnc(NC(=O)NC2CCC(C(=O)O)CC2)s1. The number of carboxylic acids is 1. The van der Waals surface area contributed by atoms with Crippen LogP contribution in [0.25, 0.3) is 0 Å². The average molecular weight is 311 g/mol. The molecule has 1 fully saturated rings. The predicted octanol–water partition coefficient (Wildman–Crippen LogP) is 3.03. The van der Waals surface area contributed by atoms with Gasteiger partial charge in [0.2, 0.25) is 0 Å². The zero-order chi connectivity index (χ0) is 15.4. The van der Waals surface area contributed by atoms with Crippen LogP contribution in [-0.4, -0.2) is 28.1 Å². The second-order valence-corrected chi connectivity index (χ2v) is 6.77. The van der Waals surface area contributed by atoms with Crippen molar-refractivity contribution in [2.75, 3.05) is 5.32 Å². The Morgan fingerprint density at radius 3 is 2.52 bits per heavy atom. The van der Waals surface area contributed by atoms with Crippen LogP contribution in [0.15, 0.2) is 6.20 Å². The van der Waals surface area contributed by atoms with Gasteiger partial charge in [-0.05, 0) is 31.6 Å². The average Bonchev–Trinajstić information content (AvgIpc) is 2.87. The molecule has 0 radical (unpaired) electrons. The van der Waals surface area contributed by atoms with Crippen LogP contribution in [0.4, 0.5) is 9.93 Å². The van der Waals surface area contributed by atoms with Gasteiger partial charge in [-0.2, -0.15) is 0 Å². The molecule has 1 saturated carbocycles. The largest absolute Gasteiger partial charge is 0.481 e. The third-order valence-corrected chi connectivity index (χ3v) is 4.94. The van der Waals surface area contributed by atoms with Crippen molar-refractivity contribution in [3.63, 3.8) is 0 Å². The van der Waals surface area contributed by atoms with Crippen molar-refractivity contribution in [1.29, 1.82) is 0 Å². The first-order valence-corrected chi connectivity index (χ1v) is 8.03. The van der Waals surface area contributed by atoms with Gasteiger partial charge in [-0.3, -0.25) is 10.1 Å². The van der Waals surface area contributed by atoms with Gasteiger partial charge in [0.25, 0.3) is 0 Å². The van der Waals surface area contributed by atoms with Crippen LogP contribution in [0, 0.1) is 5.92 Å². The van der Waals surface area contributed by atoms with E-state index in [0.29, 0.717) is 36.7 Å². The number of hydrogen-bond acceptors (Lipinski definition) is 4. The summed E-state index contributed by atoms with van der Waals surface area (Å²) >= 11 is 1.47. The maximum Gasteiger partial charge on any atom is 0.321 e. The maximum absolute atomic E-state index is 11.9. The molecule has 1 aliphatic rings. The Morgan fingerprint density at radius 2 is 2.00 bits per heavy atom. The molecule has 0 bridgehead atoms. The van der Waals surface area contributed by atoms with E-state index in [-0.39, 0.29) is 18.0 Å². The molecule has 1 aliphatic carbocycles. The number of carbonyl (C=O) groups excluding carboxylic acids is 1. The molecule has 21 heavy (non-hydrogen) atoms. The number of rotatable bonds is 4. The van der Waals surface area contributed by atoms with Crippen molar-refractivity contribution < 1.29 is 14.7 Å². The number of aromatic nitrogens is 1. The first kappa shape index (κ1) is 15.8. The summed E-state index contributed by atoms with van der Waals surface area (Å²) < 4.78 is 0. The zero-order valence-electron chi connectivity index (χ0n) is 12.3. The van der Waals surface area contributed by atoms with E-state index in [0.717, 1.165) is 4.88 Å². The number of anilines is 1. The Bertz CT molecular complexity index is 507. The number of hydrogen-bond donors (Lipinski definition) is 3. The first-order chi connectivity index (χ1) is 9.95. The maximum atomic E-state index is 11.9. The van der Waals surface area contributed by atoms with Gasteiger partial charge < -0.3 is 10.4 Å². The second-order valence-electron chi connectivity index (χ2n) is 5.71. The van der Waals surface area contributed by atoms with Crippen LogP contribution in [-0.2, 0) is 4.79 Å². The summed E-state index contributed by atoms with van der Waals surface area (Å²) in [6.07, 6.45) is 4.44. The van der Waals surface area contributed by atoms with Crippen molar-refractivity contribution in [1.82, 2.24) is 10.3 Å². The molecule has 1 aromatic heterocycles. The lowest BCUT2D eigenvalue weighted by Crippen LogP contribution is -2.40. The fourth-order valence-electron chi connectivity index (χ4n) is 2.41. The van der Waals surface area contributed by atoms with E-state index in [1.807, 2.05) is 0 Å². The van der Waals surface area contributed by atoms with Gasteiger partial charge in [0.1, 0.15) is 0 Å². The van der Waals surface area contributed by atoms with Crippen LogP contribution in [0.5, 0.6) is 0 Å². The van der Waals surface area contributed by atoms with Crippen molar-refractivity contribution in [2.45, 2.75) is 51.5 Å². The minimum Gasteiger partial charge on any atom is -0.481 e. The zero-order valence-corrected chi connectivity index (χ0v) is 13.1. The number of aliphatic carboxylic acids is 1. The van der Waals surface area contributed by atoms with E-state index in [4.69, 9.17) is 5.11 Å². The summed E-state index contributed by atoms with van der Waals surface area (Å²) in [5.74, 6) is -0.604. The number of nitrogens with one attached hydrogen (secondary N) is 2. The van der Waals surface area contributed by atoms with E-state index in [1.54, 1.807) is 6.20 Å². The monoisotopic (exact) mass is 311 g/mol. The lowest BCUT2D eigenvalue weighted by atomic mass is 9.86. The smallest absolute Gasteiger partial charge is 0.321 e. The number of amides is 2. The molecule has 0 unspecified atom stereocenters. The topological polar surface area (TPSA) is 91.3 Å². The highest BCUT2D eigenvalue weighted by atomic mass is 32.1. The molecule has 0 spiro atoms. The molecule has 2 amide bonds. The molecular formula is C14H21N3O3S. The molecule has 0 atom stereocenters. The molecule has 116 valence electrons. The number of nitrogens with zero attached hydrogens (tertiary/aromatic N) is 1. The summed E-state index contributed by atoms with van der Waals surface area (Å²) in [4.78, 5) is 28.1. The van der Waals surface area contributed by atoms with Crippen LogP contribution in [0.1, 0.15) is 50.3 Å². The minimum absolute atomic E-state index is 0.0464. The van der Waals surface area contributed by atoms with E-state index in [9.17, 15) is 9.59 Å². The highest BCUT2D eigenvalue weighted by Gasteiger charge is 2.26. The molecule has 3 N–H and O–H groups in total. The number of thiazole rings is 1. The highest BCUT2D eigenvalue weighted by molar-refractivity contribution is 7.15. The molecule has 1 aromatic rings. The Morgan fingerprint density at radius 1 is 1.33 bits per heavy atom. The van der Waals surface area contributed by atoms with Crippen LogP contribution < -0.4 is 10.6 Å². The minimum atomic E-state index is -0.734. The van der Waals surface area contributed by atoms with E-state index in [2.05, 4.69) is 29.5 Å². The molecule has 7 heteroatoms. The summed E-state index contributed by atoms with van der Waals surface area (Å²) in [6, 6.07) is -0.219. The van der Waals surface area contributed by atoms with Crippen LogP contribution in [0.3, 0.4) is 0 Å². The lowest BCUT2D eigenvalue weighted by Gasteiger charge is -2.26.